The van der Waals surface area contributed by atoms with Crippen LogP contribution in [0.2, 0.25) is 0 Å². The SMILES string of the molecule is CCCCOC(=O)P(=O)([O-])OCC.[Li+]. The van der Waals surface area contributed by atoms with Crippen molar-refractivity contribution >= 4 is 13.3 Å². The van der Waals surface area contributed by atoms with Crippen LogP contribution >= 0.6 is 7.60 Å². The van der Waals surface area contributed by atoms with E-state index in [2.05, 4.69) is 9.26 Å². The maximum Gasteiger partial charge on any atom is 1.00 e. The second kappa shape index (κ2) is 8.52. The summed E-state index contributed by atoms with van der Waals surface area (Å²) >= 11 is 0. The van der Waals surface area contributed by atoms with Crippen molar-refractivity contribution in [1.82, 2.24) is 0 Å². The molecule has 0 heterocycles. The van der Waals surface area contributed by atoms with Crippen LogP contribution in [0.25, 0.3) is 0 Å². The summed E-state index contributed by atoms with van der Waals surface area (Å²) in [4.78, 5) is 21.7. The molecule has 0 aromatic carbocycles. The van der Waals surface area contributed by atoms with Gasteiger partial charge in [0.1, 0.15) is 0 Å². The molecular weight excluding hydrogens is 202 g/mol. The summed E-state index contributed by atoms with van der Waals surface area (Å²) in [5.74, 6) is 0. The molecule has 0 saturated heterocycles. The van der Waals surface area contributed by atoms with Gasteiger partial charge in [0.15, 0.2) is 0 Å². The minimum Gasteiger partial charge on any atom is -0.770 e. The van der Waals surface area contributed by atoms with Gasteiger partial charge in [-0.15, -0.1) is 0 Å². The third kappa shape index (κ3) is 6.64. The van der Waals surface area contributed by atoms with Crippen LogP contribution in [0.4, 0.5) is 4.79 Å². The molecule has 0 spiro atoms. The molecule has 0 aromatic heterocycles. The van der Waals surface area contributed by atoms with Gasteiger partial charge in [-0.1, -0.05) is 13.3 Å². The smallest absolute Gasteiger partial charge is 0.770 e. The van der Waals surface area contributed by atoms with E-state index in [1.54, 1.807) is 0 Å². The predicted octanol–water partition coefficient (Wildman–Crippen LogP) is -1.48. The van der Waals surface area contributed by atoms with Gasteiger partial charge in [-0.3, -0.25) is 4.57 Å². The Bertz CT molecular complexity index is 208. The van der Waals surface area contributed by atoms with Crippen molar-refractivity contribution in [2.45, 2.75) is 26.7 Å². The summed E-state index contributed by atoms with van der Waals surface area (Å²) in [6, 6.07) is 0. The first-order valence-electron chi connectivity index (χ1n) is 4.17. The molecule has 0 rings (SSSR count). The molecule has 78 valence electrons. The second-order valence-corrected chi connectivity index (χ2v) is 4.00. The zero-order valence-corrected chi connectivity index (χ0v) is 9.71. The molecule has 1 atom stereocenters. The standard InChI is InChI=1S/C7H15O5P.Li/c1-3-5-6-11-7(8)13(9,10)12-4-2;/h3-6H2,1-2H3,(H,9,10);/q;+1/p-1. The summed E-state index contributed by atoms with van der Waals surface area (Å²) in [6.45, 7) is 3.47. The number of hydrogen-bond acceptors (Lipinski definition) is 5. The topological polar surface area (TPSA) is 75.7 Å². The van der Waals surface area contributed by atoms with E-state index in [0.29, 0.717) is 6.42 Å². The van der Waals surface area contributed by atoms with Gasteiger partial charge in [-0.25, -0.2) is 4.79 Å². The predicted molar refractivity (Wildman–Crippen MR) is 45.5 cm³/mol. The van der Waals surface area contributed by atoms with Gasteiger partial charge in [-0.2, -0.15) is 0 Å². The molecule has 0 aliphatic rings. The average molecular weight is 216 g/mol. The molecule has 1 unspecified atom stereocenters. The molecule has 0 amide bonds. The number of hydrogen-bond donors (Lipinski definition) is 0. The fourth-order valence-electron chi connectivity index (χ4n) is 0.606. The molecule has 0 fully saturated rings. The fourth-order valence-corrected chi connectivity index (χ4v) is 1.30. The molecule has 0 radical (unpaired) electrons. The van der Waals surface area contributed by atoms with Gasteiger partial charge in [0.05, 0.1) is 13.2 Å². The van der Waals surface area contributed by atoms with Gasteiger partial charge in [0.25, 0.3) is 0 Å². The molecule has 0 N–H and O–H groups in total. The van der Waals surface area contributed by atoms with E-state index >= 15 is 0 Å². The van der Waals surface area contributed by atoms with Crippen molar-refractivity contribution in [1.29, 1.82) is 0 Å². The molecule has 0 aliphatic heterocycles. The summed E-state index contributed by atoms with van der Waals surface area (Å²) in [6.07, 6.45) is 1.49. The zero-order valence-electron chi connectivity index (χ0n) is 8.82. The van der Waals surface area contributed by atoms with Crippen LogP contribution in [0, 0.1) is 0 Å². The van der Waals surface area contributed by atoms with E-state index in [0.717, 1.165) is 6.42 Å². The maximum absolute atomic E-state index is 10.9. The number of carbonyl (C=O) groups is 1. The van der Waals surface area contributed by atoms with Gasteiger partial charge in [-0.05, 0) is 13.3 Å². The maximum atomic E-state index is 10.9. The quantitative estimate of drug-likeness (QED) is 0.307. The first kappa shape index (κ1) is 16.6. The van der Waals surface area contributed by atoms with Crippen molar-refractivity contribution < 1.29 is 42.4 Å². The Hall–Kier alpha value is 0.217. The van der Waals surface area contributed by atoms with Crippen LogP contribution in [-0.4, -0.2) is 18.9 Å². The van der Waals surface area contributed by atoms with Crippen LogP contribution < -0.4 is 23.8 Å². The van der Waals surface area contributed by atoms with E-state index < -0.39 is 13.3 Å². The Kier molecular flexibility index (Phi) is 10.1. The van der Waals surface area contributed by atoms with Crippen LogP contribution in [0.1, 0.15) is 26.7 Å². The number of rotatable bonds is 6. The second-order valence-electron chi connectivity index (χ2n) is 2.38. The van der Waals surface area contributed by atoms with Crippen molar-refractivity contribution in [3.05, 3.63) is 0 Å². The minimum absolute atomic E-state index is 0. The van der Waals surface area contributed by atoms with Crippen LogP contribution in [0.15, 0.2) is 0 Å². The molecule has 0 bridgehead atoms. The monoisotopic (exact) mass is 216 g/mol. The van der Waals surface area contributed by atoms with Crippen molar-refractivity contribution in [2.75, 3.05) is 13.2 Å². The largest absolute Gasteiger partial charge is 1.00 e. The van der Waals surface area contributed by atoms with Crippen molar-refractivity contribution in [2.24, 2.45) is 0 Å². The first-order valence-corrected chi connectivity index (χ1v) is 5.71. The molecule has 7 heteroatoms. The van der Waals surface area contributed by atoms with Crippen LogP contribution in [0.3, 0.4) is 0 Å². The van der Waals surface area contributed by atoms with Gasteiger partial charge < -0.3 is 14.2 Å². The zero-order chi connectivity index (χ0) is 10.3. The van der Waals surface area contributed by atoms with E-state index in [9.17, 15) is 14.3 Å². The third-order valence-corrected chi connectivity index (χ3v) is 2.42. The van der Waals surface area contributed by atoms with E-state index in [4.69, 9.17) is 0 Å². The Morgan fingerprint density at radius 1 is 1.43 bits per heavy atom. The number of ether oxygens (including phenoxy) is 1. The molecule has 0 saturated carbocycles. The molecule has 0 aromatic rings. The Labute approximate surface area is 95.9 Å². The minimum atomic E-state index is -4.43. The molecule has 5 nitrogen and oxygen atoms in total. The first-order chi connectivity index (χ1) is 6.04. The third-order valence-electron chi connectivity index (χ3n) is 1.25. The molecule has 14 heavy (non-hydrogen) atoms. The Morgan fingerprint density at radius 2 is 2.00 bits per heavy atom. The Morgan fingerprint density at radius 3 is 2.43 bits per heavy atom. The summed E-state index contributed by atoms with van der Waals surface area (Å²) in [5, 5.41) is 0. The fraction of sp³-hybridized carbons (Fsp3) is 0.857. The number of carbonyl (C=O) groups excluding carboxylic acids is 1. The van der Waals surface area contributed by atoms with E-state index in [-0.39, 0.29) is 32.1 Å². The van der Waals surface area contributed by atoms with E-state index in [1.165, 1.54) is 6.92 Å². The summed E-state index contributed by atoms with van der Waals surface area (Å²) in [7, 11) is -4.43. The Balaban J connectivity index is 0. The molecule has 0 aliphatic carbocycles. The normalized spacial score (nSPS) is 13.9. The number of unbranched alkanes of at least 4 members (excludes halogenated alkanes) is 1. The molecular formula is C7H14LiO5P. The van der Waals surface area contributed by atoms with Crippen LogP contribution in [-0.2, 0) is 13.8 Å². The van der Waals surface area contributed by atoms with Crippen LogP contribution in [0.5, 0.6) is 0 Å². The summed E-state index contributed by atoms with van der Waals surface area (Å²) < 4.78 is 19.6. The van der Waals surface area contributed by atoms with E-state index in [1.807, 2.05) is 6.92 Å². The van der Waals surface area contributed by atoms with Gasteiger partial charge >= 0.3 is 24.6 Å². The summed E-state index contributed by atoms with van der Waals surface area (Å²) in [5.41, 5.74) is -1.28. The average Bonchev–Trinajstić information content (AvgIpc) is 2.04. The van der Waals surface area contributed by atoms with Crippen molar-refractivity contribution in [3.8, 4) is 0 Å². The van der Waals surface area contributed by atoms with Gasteiger partial charge in [0, 0.05) is 0 Å². The van der Waals surface area contributed by atoms with Crippen molar-refractivity contribution in [3.63, 3.8) is 0 Å². The van der Waals surface area contributed by atoms with Gasteiger partial charge in [0.2, 0.25) is 7.60 Å².